The summed E-state index contributed by atoms with van der Waals surface area (Å²) in [6.45, 7) is 5.91. The number of nitrogens with zero attached hydrogens (tertiary/aromatic N) is 3. The Hall–Kier alpha value is -1.75. The van der Waals surface area contributed by atoms with Gasteiger partial charge in [-0.15, -0.1) is 11.3 Å². The van der Waals surface area contributed by atoms with Gasteiger partial charge in [-0.25, -0.2) is 4.98 Å². The molecule has 2 aromatic heterocycles. The summed E-state index contributed by atoms with van der Waals surface area (Å²) in [4.78, 5) is 23.8. The molecule has 0 fully saturated rings. The molecule has 4 nitrogen and oxygen atoms in total. The molecule has 0 aliphatic heterocycles. The maximum absolute atomic E-state index is 12.4. The van der Waals surface area contributed by atoms with Crippen molar-refractivity contribution in [3.63, 3.8) is 0 Å². The molecular weight excluding hydrogens is 270 g/mol. The third-order valence-corrected chi connectivity index (χ3v) is 4.47. The summed E-state index contributed by atoms with van der Waals surface area (Å²) in [5.41, 5.74) is 1.86. The van der Waals surface area contributed by atoms with E-state index in [0.29, 0.717) is 6.42 Å². The maximum atomic E-state index is 12.4. The molecule has 0 saturated heterocycles. The second-order valence-electron chi connectivity index (χ2n) is 4.85. The van der Waals surface area contributed by atoms with Gasteiger partial charge in [-0.2, -0.15) is 0 Å². The zero-order valence-corrected chi connectivity index (χ0v) is 13.1. The largest absolute Gasteiger partial charge is 0.337 e. The predicted octanol–water partition coefficient (Wildman–Crippen LogP) is 2.92. The van der Waals surface area contributed by atoms with Gasteiger partial charge in [0.1, 0.15) is 0 Å². The summed E-state index contributed by atoms with van der Waals surface area (Å²) < 4.78 is 0. The van der Waals surface area contributed by atoms with Crippen molar-refractivity contribution < 1.29 is 4.79 Å². The van der Waals surface area contributed by atoms with Gasteiger partial charge in [-0.05, 0) is 32.9 Å². The lowest BCUT2D eigenvalue weighted by Crippen LogP contribution is -2.31. The van der Waals surface area contributed by atoms with Crippen LogP contribution in [0.4, 0.5) is 0 Å². The molecule has 0 aromatic carbocycles. The number of carbonyl (C=O) groups is 1. The summed E-state index contributed by atoms with van der Waals surface area (Å²) >= 11 is 1.59. The van der Waals surface area contributed by atoms with Crippen molar-refractivity contribution in [2.45, 2.75) is 33.2 Å². The summed E-state index contributed by atoms with van der Waals surface area (Å²) in [6.07, 6.45) is 2.16. The van der Waals surface area contributed by atoms with Crippen LogP contribution in [0.25, 0.3) is 0 Å². The lowest BCUT2D eigenvalue weighted by molar-refractivity contribution is -0.131. The standard InChI is InChI=1S/C15H19N3OS/c1-10-14(20-12(3)17-10)9-15(19)18(4)11(2)13-7-5-6-8-16-13/h5-8,11H,9H2,1-4H3/t11-/m1/s1. The highest BCUT2D eigenvalue weighted by atomic mass is 32.1. The predicted molar refractivity (Wildman–Crippen MR) is 80.7 cm³/mol. The van der Waals surface area contributed by atoms with Crippen LogP contribution in [0.5, 0.6) is 0 Å². The van der Waals surface area contributed by atoms with E-state index in [-0.39, 0.29) is 11.9 Å². The molecule has 0 saturated carbocycles. The second-order valence-corrected chi connectivity index (χ2v) is 6.14. The molecule has 0 aliphatic rings. The van der Waals surface area contributed by atoms with Crippen LogP contribution >= 0.6 is 11.3 Å². The number of carbonyl (C=O) groups excluding carboxylic acids is 1. The number of pyridine rings is 1. The SMILES string of the molecule is Cc1nc(C)c(CC(=O)N(C)[C@H](C)c2ccccn2)s1. The zero-order chi connectivity index (χ0) is 14.7. The highest BCUT2D eigenvalue weighted by Gasteiger charge is 2.20. The van der Waals surface area contributed by atoms with Crippen LogP contribution in [0.1, 0.15) is 34.2 Å². The monoisotopic (exact) mass is 289 g/mol. The Bertz CT molecular complexity index is 594. The third kappa shape index (κ3) is 3.22. The van der Waals surface area contributed by atoms with E-state index in [0.717, 1.165) is 21.3 Å². The lowest BCUT2D eigenvalue weighted by atomic mass is 10.1. The number of hydrogen-bond acceptors (Lipinski definition) is 4. The molecule has 0 radical (unpaired) electrons. The lowest BCUT2D eigenvalue weighted by Gasteiger charge is -2.24. The van der Waals surface area contributed by atoms with E-state index >= 15 is 0 Å². The van der Waals surface area contributed by atoms with Gasteiger partial charge in [0.05, 0.1) is 28.9 Å². The van der Waals surface area contributed by atoms with Crippen LogP contribution in [-0.2, 0) is 11.2 Å². The first-order valence-corrected chi connectivity index (χ1v) is 7.40. The molecule has 0 bridgehead atoms. The summed E-state index contributed by atoms with van der Waals surface area (Å²) in [6, 6.07) is 5.73. The van der Waals surface area contributed by atoms with Crippen molar-refractivity contribution in [2.24, 2.45) is 0 Å². The molecule has 0 N–H and O–H groups in total. The van der Waals surface area contributed by atoms with Crippen molar-refractivity contribution in [3.8, 4) is 0 Å². The minimum absolute atomic E-state index is 0.0296. The topological polar surface area (TPSA) is 46.1 Å². The van der Waals surface area contributed by atoms with Crippen molar-refractivity contribution >= 4 is 17.2 Å². The first-order valence-electron chi connectivity index (χ1n) is 6.58. The third-order valence-electron chi connectivity index (χ3n) is 3.40. The Kier molecular flexibility index (Phi) is 4.49. The number of rotatable bonds is 4. The van der Waals surface area contributed by atoms with Gasteiger partial charge in [-0.1, -0.05) is 6.07 Å². The van der Waals surface area contributed by atoms with Gasteiger partial charge in [0.2, 0.25) is 5.91 Å². The average molecular weight is 289 g/mol. The highest BCUT2D eigenvalue weighted by Crippen LogP contribution is 2.21. The quantitative estimate of drug-likeness (QED) is 0.869. The van der Waals surface area contributed by atoms with Crippen LogP contribution in [0.3, 0.4) is 0 Å². The molecule has 0 aliphatic carbocycles. The van der Waals surface area contributed by atoms with Gasteiger partial charge in [-0.3, -0.25) is 9.78 Å². The van der Waals surface area contributed by atoms with Crippen LogP contribution in [0.15, 0.2) is 24.4 Å². The average Bonchev–Trinajstić information content (AvgIpc) is 2.76. The van der Waals surface area contributed by atoms with E-state index < -0.39 is 0 Å². The molecule has 1 atom stereocenters. The number of hydrogen-bond donors (Lipinski definition) is 0. The van der Waals surface area contributed by atoms with Crippen molar-refractivity contribution in [1.29, 1.82) is 0 Å². The molecule has 1 amide bonds. The van der Waals surface area contributed by atoms with Crippen molar-refractivity contribution in [3.05, 3.63) is 45.7 Å². The second kappa shape index (κ2) is 6.13. The van der Waals surface area contributed by atoms with E-state index in [9.17, 15) is 4.79 Å². The Labute approximate surface area is 123 Å². The molecule has 0 unspecified atom stereocenters. The molecule has 2 rings (SSSR count). The van der Waals surface area contributed by atoms with Crippen molar-refractivity contribution in [2.75, 3.05) is 7.05 Å². The normalized spacial score (nSPS) is 12.2. The fourth-order valence-electron chi connectivity index (χ4n) is 2.04. The number of aryl methyl sites for hydroxylation is 2. The Morgan fingerprint density at radius 2 is 2.15 bits per heavy atom. The van der Waals surface area contributed by atoms with Gasteiger partial charge >= 0.3 is 0 Å². The molecule has 5 heteroatoms. The molecule has 106 valence electrons. The van der Waals surface area contributed by atoms with Crippen LogP contribution in [0.2, 0.25) is 0 Å². The molecular formula is C15H19N3OS. The minimum Gasteiger partial charge on any atom is -0.337 e. The van der Waals surface area contributed by atoms with Crippen LogP contribution in [0, 0.1) is 13.8 Å². The van der Waals surface area contributed by atoms with Crippen LogP contribution < -0.4 is 0 Å². The minimum atomic E-state index is -0.0296. The fraction of sp³-hybridized carbons (Fsp3) is 0.400. The van der Waals surface area contributed by atoms with Gasteiger partial charge in [0.25, 0.3) is 0 Å². The Balaban J connectivity index is 2.07. The summed E-state index contributed by atoms with van der Waals surface area (Å²) in [5, 5.41) is 1.01. The zero-order valence-electron chi connectivity index (χ0n) is 12.3. The smallest absolute Gasteiger partial charge is 0.228 e. The number of likely N-dealkylation sites (N-methyl/N-ethyl adjacent to an activating group) is 1. The van der Waals surface area contributed by atoms with E-state index in [1.54, 1.807) is 22.4 Å². The van der Waals surface area contributed by atoms with Gasteiger partial charge < -0.3 is 4.90 Å². The molecule has 0 spiro atoms. The summed E-state index contributed by atoms with van der Waals surface area (Å²) in [7, 11) is 1.82. The fourth-order valence-corrected chi connectivity index (χ4v) is 2.97. The summed E-state index contributed by atoms with van der Waals surface area (Å²) in [5.74, 6) is 0.0925. The molecule has 20 heavy (non-hydrogen) atoms. The number of thiazole rings is 1. The Morgan fingerprint density at radius 1 is 1.40 bits per heavy atom. The van der Waals surface area contributed by atoms with Gasteiger partial charge in [0.15, 0.2) is 0 Å². The first-order chi connectivity index (χ1) is 9.49. The van der Waals surface area contributed by atoms with Crippen LogP contribution in [-0.4, -0.2) is 27.8 Å². The van der Waals surface area contributed by atoms with E-state index in [1.165, 1.54) is 0 Å². The van der Waals surface area contributed by atoms with E-state index in [4.69, 9.17) is 0 Å². The van der Waals surface area contributed by atoms with Gasteiger partial charge in [0, 0.05) is 18.1 Å². The van der Waals surface area contributed by atoms with E-state index in [1.807, 2.05) is 46.0 Å². The highest BCUT2D eigenvalue weighted by molar-refractivity contribution is 7.11. The number of amides is 1. The Morgan fingerprint density at radius 3 is 2.70 bits per heavy atom. The van der Waals surface area contributed by atoms with Crippen molar-refractivity contribution in [1.82, 2.24) is 14.9 Å². The molecule has 2 aromatic rings. The number of aromatic nitrogens is 2. The first kappa shape index (κ1) is 14.7. The maximum Gasteiger partial charge on any atom is 0.228 e. The molecule has 2 heterocycles. The van der Waals surface area contributed by atoms with E-state index in [2.05, 4.69) is 9.97 Å².